The number of pyridine rings is 1. The van der Waals surface area contributed by atoms with Gasteiger partial charge in [-0.3, -0.25) is 4.90 Å². The highest BCUT2D eigenvalue weighted by molar-refractivity contribution is 5.37. The number of rotatable bonds is 5. The highest BCUT2D eigenvalue weighted by Gasteiger charge is 2.37. The average molecular weight is 297 g/mol. The first-order valence-corrected chi connectivity index (χ1v) is 7.75. The zero-order valence-electron chi connectivity index (χ0n) is 13.0. The summed E-state index contributed by atoms with van der Waals surface area (Å²) >= 11 is 0. The van der Waals surface area contributed by atoms with Gasteiger partial charge in [0.15, 0.2) is 0 Å². The fourth-order valence-corrected chi connectivity index (χ4v) is 3.15. The Bertz CT molecular complexity index is 590. The van der Waals surface area contributed by atoms with E-state index in [1.807, 2.05) is 36.2 Å². The molecule has 1 N–H and O–H groups in total. The molecule has 22 heavy (non-hydrogen) atoms. The van der Waals surface area contributed by atoms with Crippen LogP contribution in [0.2, 0.25) is 0 Å². The predicted octanol–water partition coefficient (Wildman–Crippen LogP) is 2.15. The molecule has 1 aliphatic heterocycles. The van der Waals surface area contributed by atoms with Crippen LogP contribution >= 0.6 is 0 Å². The molecule has 4 heteroatoms. The first-order chi connectivity index (χ1) is 10.6. The molecule has 116 valence electrons. The molecular weight excluding hydrogens is 274 g/mol. The van der Waals surface area contributed by atoms with Gasteiger partial charge in [0.2, 0.25) is 0 Å². The second kappa shape index (κ2) is 6.46. The van der Waals surface area contributed by atoms with Gasteiger partial charge in [0.05, 0.1) is 5.60 Å². The van der Waals surface area contributed by atoms with Gasteiger partial charge in [0.25, 0.3) is 0 Å². The van der Waals surface area contributed by atoms with E-state index < -0.39 is 5.60 Å². The van der Waals surface area contributed by atoms with Crippen LogP contribution in [0.4, 0.5) is 5.82 Å². The van der Waals surface area contributed by atoms with Crippen LogP contribution in [0.25, 0.3) is 0 Å². The minimum Gasteiger partial charge on any atom is -0.387 e. The van der Waals surface area contributed by atoms with Crippen molar-refractivity contribution in [2.24, 2.45) is 0 Å². The maximum absolute atomic E-state index is 10.9. The smallest absolute Gasteiger partial charge is 0.128 e. The summed E-state index contributed by atoms with van der Waals surface area (Å²) in [5, 5.41) is 10.9. The molecule has 2 aromatic rings. The van der Waals surface area contributed by atoms with E-state index >= 15 is 0 Å². The zero-order valence-corrected chi connectivity index (χ0v) is 13.0. The number of likely N-dealkylation sites (N-methyl/N-ethyl adjacent to an activating group) is 1. The number of β-amino-alcohol motifs (C(OH)–C–C–N with tert-alkyl or cyclic N) is 1. The lowest BCUT2D eigenvalue weighted by atomic mass is 10.0. The summed E-state index contributed by atoms with van der Waals surface area (Å²) in [4.78, 5) is 8.69. The van der Waals surface area contributed by atoms with E-state index in [4.69, 9.17) is 0 Å². The predicted molar refractivity (Wildman–Crippen MR) is 88.8 cm³/mol. The maximum atomic E-state index is 10.9. The Balaban J connectivity index is 1.58. The average Bonchev–Trinajstić information content (AvgIpc) is 2.90. The summed E-state index contributed by atoms with van der Waals surface area (Å²) in [6, 6.07) is 16.3. The SMILES string of the molecule is CN(C[C@]1(O)CCN(Cc2ccccc2)C1)c1ccccn1. The van der Waals surface area contributed by atoms with E-state index in [9.17, 15) is 5.11 Å². The van der Waals surface area contributed by atoms with Crippen LogP contribution < -0.4 is 4.90 Å². The van der Waals surface area contributed by atoms with E-state index in [-0.39, 0.29) is 0 Å². The van der Waals surface area contributed by atoms with Gasteiger partial charge in [-0.2, -0.15) is 0 Å². The topological polar surface area (TPSA) is 39.6 Å². The third-order valence-electron chi connectivity index (χ3n) is 4.23. The van der Waals surface area contributed by atoms with E-state index in [2.05, 4.69) is 34.1 Å². The van der Waals surface area contributed by atoms with E-state index in [0.29, 0.717) is 13.1 Å². The normalized spacial score (nSPS) is 21.9. The van der Waals surface area contributed by atoms with Crippen molar-refractivity contribution in [2.45, 2.75) is 18.6 Å². The van der Waals surface area contributed by atoms with Gasteiger partial charge in [-0.25, -0.2) is 4.98 Å². The molecule has 0 amide bonds. The number of aliphatic hydroxyl groups is 1. The molecule has 0 spiro atoms. The molecule has 0 bridgehead atoms. The Morgan fingerprint density at radius 2 is 1.95 bits per heavy atom. The molecular formula is C18H23N3O. The number of aromatic nitrogens is 1. The number of hydrogen-bond acceptors (Lipinski definition) is 4. The minimum absolute atomic E-state index is 0.606. The Labute approximate surface area is 132 Å². The standard InChI is InChI=1S/C18H23N3O/c1-20(17-9-5-6-11-19-17)14-18(22)10-12-21(15-18)13-16-7-3-2-4-8-16/h2-9,11,22H,10,12-15H2,1H3/t18-/m1/s1. The maximum Gasteiger partial charge on any atom is 0.128 e. The Hall–Kier alpha value is -1.91. The molecule has 1 aromatic heterocycles. The molecule has 3 rings (SSSR count). The third kappa shape index (κ3) is 3.64. The number of likely N-dealkylation sites (tertiary alicyclic amines) is 1. The number of benzene rings is 1. The van der Waals surface area contributed by atoms with Crippen molar-refractivity contribution in [1.29, 1.82) is 0 Å². The molecule has 1 aliphatic rings. The van der Waals surface area contributed by atoms with E-state index in [1.54, 1.807) is 6.20 Å². The Morgan fingerprint density at radius 3 is 2.68 bits per heavy atom. The number of hydrogen-bond donors (Lipinski definition) is 1. The van der Waals surface area contributed by atoms with Gasteiger partial charge >= 0.3 is 0 Å². The highest BCUT2D eigenvalue weighted by Crippen LogP contribution is 2.25. The fourth-order valence-electron chi connectivity index (χ4n) is 3.15. The summed E-state index contributed by atoms with van der Waals surface area (Å²) in [5.41, 5.74) is 0.631. The summed E-state index contributed by atoms with van der Waals surface area (Å²) in [6.45, 7) is 3.15. The first-order valence-electron chi connectivity index (χ1n) is 7.75. The van der Waals surface area contributed by atoms with E-state index in [0.717, 1.165) is 25.3 Å². The minimum atomic E-state index is -0.666. The van der Waals surface area contributed by atoms with Crippen molar-refractivity contribution < 1.29 is 5.11 Å². The van der Waals surface area contributed by atoms with Crippen LogP contribution in [0.3, 0.4) is 0 Å². The van der Waals surface area contributed by atoms with Crippen LogP contribution in [0.15, 0.2) is 54.7 Å². The first kappa shape index (κ1) is 15.0. The van der Waals surface area contributed by atoms with Crippen LogP contribution in [-0.2, 0) is 6.54 Å². The Morgan fingerprint density at radius 1 is 1.18 bits per heavy atom. The molecule has 4 nitrogen and oxygen atoms in total. The van der Waals surface area contributed by atoms with Gasteiger partial charge in [-0.1, -0.05) is 36.4 Å². The van der Waals surface area contributed by atoms with Crippen molar-refractivity contribution in [1.82, 2.24) is 9.88 Å². The van der Waals surface area contributed by atoms with Crippen molar-refractivity contribution in [2.75, 3.05) is 31.6 Å². The molecule has 0 unspecified atom stereocenters. The van der Waals surface area contributed by atoms with Crippen molar-refractivity contribution in [3.8, 4) is 0 Å². The largest absolute Gasteiger partial charge is 0.387 e. The van der Waals surface area contributed by atoms with E-state index in [1.165, 1.54) is 5.56 Å². The summed E-state index contributed by atoms with van der Waals surface area (Å²) in [7, 11) is 1.99. The number of nitrogens with zero attached hydrogens (tertiary/aromatic N) is 3. The van der Waals surface area contributed by atoms with Gasteiger partial charge in [-0.15, -0.1) is 0 Å². The number of anilines is 1. The van der Waals surface area contributed by atoms with Gasteiger partial charge in [-0.05, 0) is 24.1 Å². The van der Waals surface area contributed by atoms with Crippen LogP contribution in [0, 0.1) is 0 Å². The highest BCUT2D eigenvalue weighted by atomic mass is 16.3. The summed E-state index contributed by atoms with van der Waals surface area (Å²) < 4.78 is 0. The molecule has 1 atom stereocenters. The quantitative estimate of drug-likeness (QED) is 0.918. The lowest BCUT2D eigenvalue weighted by molar-refractivity contribution is 0.0561. The molecule has 1 fully saturated rings. The van der Waals surface area contributed by atoms with Gasteiger partial charge in [0, 0.05) is 39.4 Å². The second-order valence-electron chi connectivity index (χ2n) is 6.21. The second-order valence-corrected chi connectivity index (χ2v) is 6.21. The molecule has 0 aliphatic carbocycles. The van der Waals surface area contributed by atoms with Crippen LogP contribution in [0.1, 0.15) is 12.0 Å². The monoisotopic (exact) mass is 297 g/mol. The van der Waals surface area contributed by atoms with Gasteiger partial charge < -0.3 is 10.0 Å². The van der Waals surface area contributed by atoms with Crippen molar-refractivity contribution in [3.63, 3.8) is 0 Å². The Kier molecular flexibility index (Phi) is 4.41. The van der Waals surface area contributed by atoms with Crippen LogP contribution in [-0.4, -0.2) is 47.3 Å². The fraction of sp³-hybridized carbons (Fsp3) is 0.389. The van der Waals surface area contributed by atoms with Gasteiger partial charge in [0.1, 0.15) is 5.82 Å². The zero-order chi connectivity index (χ0) is 15.4. The molecule has 0 saturated carbocycles. The molecule has 2 heterocycles. The van der Waals surface area contributed by atoms with Crippen molar-refractivity contribution >= 4 is 5.82 Å². The van der Waals surface area contributed by atoms with Crippen LogP contribution in [0.5, 0.6) is 0 Å². The lowest BCUT2D eigenvalue weighted by Gasteiger charge is -2.29. The molecule has 1 saturated heterocycles. The molecule has 0 radical (unpaired) electrons. The van der Waals surface area contributed by atoms with Crippen molar-refractivity contribution in [3.05, 3.63) is 60.3 Å². The molecule has 1 aromatic carbocycles. The summed E-state index contributed by atoms with van der Waals surface area (Å²) in [5.74, 6) is 0.900. The summed E-state index contributed by atoms with van der Waals surface area (Å²) in [6.07, 6.45) is 2.59. The lowest BCUT2D eigenvalue weighted by Crippen LogP contribution is -2.44. The third-order valence-corrected chi connectivity index (χ3v) is 4.23.